The predicted octanol–water partition coefficient (Wildman–Crippen LogP) is 2.81. The van der Waals surface area contributed by atoms with Crippen LogP contribution in [0.2, 0.25) is 0 Å². The number of benzene rings is 1. The third kappa shape index (κ3) is 4.02. The first kappa shape index (κ1) is 21.4. The van der Waals surface area contributed by atoms with Crippen LogP contribution < -0.4 is 10.6 Å². The van der Waals surface area contributed by atoms with Gasteiger partial charge in [-0.15, -0.1) is 10.2 Å². The van der Waals surface area contributed by atoms with E-state index < -0.39 is 36.3 Å². The quantitative estimate of drug-likeness (QED) is 0.593. The summed E-state index contributed by atoms with van der Waals surface area (Å²) in [5.74, 6) is -0.589. The zero-order chi connectivity index (χ0) is 23.0. The summed E-state index contributed by atoms with van der Waals surface area (Å²) in [6.45, 7) is 4.75. The minimum absolute atomic E-state index is 0.258. The number of ether oxygens (including phenoxy) is 2. The largest absolute Gasteiger partial charge is 0.422 e. The molecule has 10 nitrogen and oxygen atoms in total. The molecule has 0 spiro atoms. The Hall–Kier alpha value is -3.86. The Labute approximate surface area is 182 Å². The van der Waals surface area contributed by atoms with E-state index >= 15 is 0 Å². The van der Waals surface area contributed by atoms with Crippen molar-refractivity contribution in [2.75, 3.05) is 4.90 Å². The van der Waals surface area contributed by atoms with Gasteiger partial charge in [-0.2, -0.15) is 0 Å². The van der Waals surface area contributed by atoms with Gasteiger partial charge in [-0.05, 0) is 38.1 Å². The monoisotopic (exact) mass is 441 g/mol. The summed E-state index contributed by atoms with van der Waals surface area (Å²) in [5.41, 5.74) is 7.01. The van der Waals surface area contributed by atoms with E-state index in [-0.39, 0.29) is 17.1 Å². The molecule has 1 aliphatic heterocycles. The first-order valence-corrected chi connectivity index (χ1v) is 9.77. The van der Waals surface area contributed by atoms with Crippen molar-refractivity contribution in [3.8, 4) is 22.7 Å². The van der Waals surface area contributed by atoms with Gasteiger partial charge in [-0.3, -0.25) is 14.7 Å². The Morgan fingerprint density at radius 2 is 2.06 bits per heavy atom. The lowest BCUT2D eigenvalue weighted by molar-refractivity contribution is -0.166. The third-order valence-corrected chi connectivity index (χ3v) is 4.87. The molecular weight excluding hydrogens is 421 g/mol. The number of nitrogens with zero attached hydrogens (tertiary/aromatic N) is 4. The number of anilines is 1. The molecule has 0 radical (unpaired) electrons. The second-order valence-corrected chi connectivity index (χ2v) is 7.31. The topological polar surface area (TPSA) is 134 Å². The van der Waals surface area contributed by atoms with Crippen LogP contribution in [0.15, 0.2) is 40.9 Å². The Morgan fingerprint density at radius 1 is 1.28 bits per heavy atom. The van der Waals surface area contributed by atoms with Crippen LogP contribution in [0.1, 0.15) is 19.7 Å². The third-order valence-electron chi connectivity index (χ3n) is 4.87. The van der Waals surface area contributed by atoms with Gasteiger partial charge in [-0.1, -0.05) is 6.07 Å². The number of carbonyl (C=O) groups excluding carboxylic acids is 2. The van der Waals surface area contributed by atoms with Gasteiger partial charge in [0, 0.05) is 24.2 Å². The number of hydrogen-bond acceptors (Lipinski definition) is 9. The van der Waals surface area contributed by atoms with Gasteiger partial charge in [-0.25, -0.2) is 9.18 Å². The Bertz CT molecular complexity index is 1160. The van der Waals surface area contributed by atoms with Crippen molar-refractivity contribution in [2.45, 2.75) is 39.1 Å². The molecule has 1 unspecified atom stereocenters. The van der Waals surface area contributed by atoms with Gasteiger partial charge in [0.15, 0.2) is 0 Å². The molecule has 0 aliphatic carbocycles. The first-order chi connectivity index (χ1) is 15.2. The number of carbonyl (C=O) groups is 2. The van der Waals surface area contributed by atoms with E-state index in [2.05, 4.69) is 15.2 Å². The molecule has 11 heteroatoms. The van der Waals surface area contributed by atoms with E-state index in [1.807, 2.05) is 0 Å². The maximum absolute atomic E-state index is 14.9. The highest BCUT2D eigenvalue weighted by atomic mass is 19.1. The molecule has 0 bridgehead atoms. The number of aromatic nitrogens is 3. The van der Waals surface area contributed by atoms with Crippen molar-refractivity contribution in [1.29, 1.82) is 0 Å². The van der Waals surface area contributed by atoms with Crippen LogP contribution in [0.4, 0.5) is 14.9 Å². The number of amides is 1. The molecule has 1 aliphatic rings. The molecule has 1 amide bonds. The molecule has 166 valence electrons. The summed E-state index contributed by atoms with van der Waals surface area (Å²) in [4.78, 5) is 29.5. The van der Waals surface area contributed by atoms with Gasteiger partial charge in [0.2, 0.25) is 5.89 Å². The van der Waals surface area contributed by atoms with Gasteiger partial charge in [0.25, 0.3) is 12.2 Å². The molecule has 1 fully saturated rings. The second kappa shape index (κ2) is 8.35. The minimum Gasteiger partial charge on any atom is -0.422 e. The molecule has 1 saturated heterocycles. The molecule has 3 aromatic rings. The molecule has 32 heavy (non-hydrogen) atoms. The number of cyclic esters (lactones) is 1. The predicted molar refractivity (Wildman–Crippen MR) is 110 cm³/mol. The fraction of sp³-hybridized carbons (Fsp3) is 0.286. The molecule has 1 aromatic carbocycles. The zero-order valence-electron chi connectivity index (χ0n) is 17.5. The van der Waals surface area contributed by atoms with Gasteiger partial charge in [0.05, 0.1) is 5.69 Å². The van der Waals surface area contributed by atoms with Gasteiger partial charge >= 0.3 is 12.1 Å². The first-order valence-electron chi connectivity index (χ1n) is 9.77. The Morgan fingerprint density at radius 3 is 2.66 bits per heavy atom. The maximum Gasteiger partial charge on any atom is 0.417 e. The summed E-state index contributed by atoms with van der Waals surface area (Å²) in [7, 11) is 0. The highest BCUT2D eigenvalue weighted by molar-refractivity contribution is 5.91. The number of rotatable bonds is 5. The Kier molecular flexibility index (Phi) is 5.57. The van der Waals surface area contributed by atoms with Crippen LogP contribution in [0, 0.1) is 12.7 Å². The molecular formula is C21H20FN5O5. The fourth-order valence-corrected chi connectivity index (χ4v) is 3.20. The zero-order valence-corrected chi connectivity index (χ0v) is 17.5. The smallest absolute Gasteiger partial charge is 0.417 e. The number of pyridine rings is 1. The number of esters is 1. The lowest BCUT2D eigenvalue weighted by Crippen LogP contribution is -2.39. The van der Waals surface area contributed by atoms with Crippen LogP contribution in [0.25, 0.3) is 22.7 Å². The van der Waals surface area contributed by atoms with Crippen molar-refractivity contribution >= 4 is 17.7 Å². The average molecular weight is 441 g/mol. The van der Waals surface area contributed by atoms with Crippen molar-refractivity contribution < 1.29 is 27.9 Å². The van der Waals surface area contributed by atoms with Crippen LogP contribution in [0.5, 0.6) is 0 Å². The number of halogens is 1. The van der Waals surface area contributed by atoms with Crippen molar-refractivity contribution in [3.63, 3.8) is 0 Å². The maximum atomic E-state index is 14.9. The van der Waals surface area contributed by atoms with E-state index in [1.165, 1.54) is 30.2 Å². The summed E-state index contributed by atoms with van der Waals surface area (Å²) >= 11 is 0. The highest BCUT2D eigenvalue weighted by Gasteiger charge is 2.42. The van der Waals surface area contributed by atoms with E-state index in [4.69, 9.17) is 19.6 Å². The summed E-state index contributed by atoms with van der Waals surface area (Å²) in [6.07, 6.45) is -0.412. The second-order valence-electron chi connectivity index (χ2n) is 7.31. The highest BCUT2D eigenvalue weighted by Crippen LogP contribution is 2.32. The molecule has 4 rings (SSSR count). The van der Waals surface area contributed by atoms with Crippen molar-refractivity contribution in [1.82, 2.24) is 15.2 Å². The Balaban J connectivity index is 1.54. The van der Waals surface area contributed by atoms with E-state index in [1.54, 1.807) is 32.0 Å². The summed E-state index contributed by atoms with van der Waals surface area (Å²) < 4.78 is 30.5. The average Bonchev–Trinajstić information content (AvgIpc) is 3.31. The summed E-state index contributed by atoms with van der Waals surface area (Å²) in [5, 5.41) is 7.65. The van der Waals surface area contributed by atoms with Crippen LogP contribution in [-0.2, 0) is 14.3 Å². The molecule has 3 heterocycles. The van der Waals surface area contributed by atoms with Crippen LogP contribution in [0.3, 0.4) is 0 Å². The number of hydrogen-bond donors (Lipinski definition) is 1. The lowest BCUT2D eigenvalue weighted by Gasteiger charge is -2.21. The van der Waals surface area contributed by atoms with Crippen LogP contribution in [-0.4, -0.2) is 45.6 Å². The van der Waals surface area contributed by atoms with Crippen molar-refractivity contribution in [2.24, 2.45) is 5.73 Å². The molecule has 3 atom stereocenters. The lowest BCUT2D eigenvalue weighted by atomic mass is 10.1. The van der Waals surface area contributed by atoms with Gasteiger partial charge in [0.1, 0.15) is 23.6 Å². The van der Waals surface area contributed by atoms with E-state index in [9.17, 15) is 14.0 Å². The van der Waals surface area contributed by atoms with Crippen LogP contribution >= 0.6 is 0 Å². The van der Waals surface area contributed by atoms with Gasteiger partial charge < -0.3 is 19.6 Å². The molecule has 2 N–H and O–H groups in total. The summed E-state index contributed by atoms with van der Waals surface area (Å²) in [6, 6.07) is 6.09. The SMILES string of the molecule is Cc1nnc(-c2ccc(-c3ccc(N4C(=O)OC(OC(=O)[C@H](C)N)[C@H]4C)cc3F)cn2)o1. The van der Waals surface area contributed by atoms with Crippen molar-refractivity contribution in [3.05, 3.63) is 48.2 Å². The minimum atomic E-state index is -1.14. The van der Waals surface area contributed by atoms with E-state index in [0.717, 1.165) is 0 Å². The molecule has 2 aromatic heterocycles. The molecule has 0 saturated carbocycles. The number of nitrogens with two attached hydrogens (primary N) is 1. The normalized spacial score (nSPS) is 19.0. The standard InChI is InChI=1S/C21H20FN5O5/c1-10(23)19(28)31-20-11(2)27(21(29)32-20)14-5-6-15(16(22)8-14)13-4-7-17(24-9-13)18-26-25-12(3)30-18/h4-11,20H,23H2,1-3H3/t10-,11+,20?/m0/s1. The fourth-order valence-electron chi connectivity index (χ4n) is 3.20. The van der Waals surface area contributed by atoms with E-state index in [0.29, 0.717) is 17.1 Å². The number of aryl methyl sites for hydroxylation is 1.